The molecule has 2 aromatic carbocycles. The lowest BCUT2D eigenvalue weighted by Gasteiger charge is -2.38. The van der Waals surface area contributed by atoms with Crippen molar-refractivity contribution < 1.29 is 0 Å². The molecule has 2 atom stereocenters. The molecule has 246 valence electrons. The summed E-state index contributed by atoms with van der Waals surface area (Å²) in [4.78, 5) is 9.99. The molecule has 3 aliphatic rings. The maximum absolute atomic E-state index is 5.09. The molecular formula is C46H47N3. The Morgan fingerprint density at radius 1 is 0.959 bits per heavy atom. The van der Waals surface area contributed by atoms with Gasteiger partial charge < -0.3 is 9.80 Å². The third kappa shape index (κ3) is 7.70. The van der Waals surface area contributed by atoms with Gasteiger partial charge in [0, 0.05) is 42.4 Å². The second-order valence-corrected chi connectivity index (χ2v) is 12.9. The average Bonchev–Trinajstić information content (AvgIpc) is 3.11. The normalized spacial score (nSPS) is 23.5. The summed E-state index contributed by atoms with van der Waals surface area (Å²) in [5.41, 5.74) is 16.3. The van der Waals surface area contributed by atoms with E-state index in [9.17, 15) is 0 Å². The maximum Gasteiger partial charge on any atom is 0.0887 e. The molecule has 1 aromatic heterocycles. The van der Waals surface area contributed by atoms with Crippen molar-refractivity contribution >= 4 is 11.4 Å². The van der Waals surface area contributed by atoms with Gasteiger partial charge >= 0.3 is 0 Å². The number of para-hydroxylation sites is 1. The number of hydrogen-bond acceptors (Lipinski definition) is 3. The van der Waals surface area contributed by atoms with Crippen LogP contribution in [0.4, 0.5) is 11.4 Å². The van der Waals surface area contributed by atoms with E-state index < -0.39 is 0 Å². The van der Waals surface area contributed by atoms with Gasteiger partial charge in [0.25, 0.3) is 0 Å². The van der Waals surface area contributed by atoms with Gasteiger partial charge in [0.1, 0.15) is 0 Å². The standard InChI is InChI=1S/C46H47N3/c1-6-7-25-40-32-42(33-44(47-40)38-22-14-11-15-23-38)48-29-20-12-13-21-34(2)37(5)43-31-39-24-18-19-28-45(39)49(46(43)35(3)30-36(48)4)41-26-16-9-8-10-17-27-41/h6-9,11-24,27-28,30,32-34,36H,5,10,25,29,31H2,1-4H3/b7-6-,9-8-,20-12-,21-13-,27-17-,35-30-. The first-order valence-electron chi connectivity index (χ1n) is 17.5. The van der Waals surface area contributed by atoms with Crippen LogP contribution >= 0.6 is 0 Å². The number of aromatic nitrogens is 1. The molecule has 3 heteroatoms. The monoisotopic (exact) mass is 641 g/mol. The Morgan fingerprint density at radius 2 is 1.78 bits per heavy atom. The van der Waals surface area contributed by atoms with Crippen molar-refractivity contribution in [3.8, 4) is 11.3 Å². The Labute approximate surface area is 293 Å². The van der Waals surface area contributed by atoms with Crippen LogP contribution in [0.15, 0.2) is 180 Å². The zero-order chi connectivity index (χ0) is 34.2. The van der Waals surface area contributed by atoms with Crippen LogP contribution in [0.1, 0.15) is 45.4 Å². The molecule has 0 bridgehead atoms. The van der Waals surface area contributed by atoms with Gasteiger partial charge in [0.15, 0.2) is 0 Å². The Kier molecular flexibility index (Phi) is 10.7. The van der Waals surface area contributed by atoms with E-state index in [2.05, 4.69) is 177 Å². The first-order valence-corrected chi connectivity index (χ1v) is 17.5. The lowest BCUT2D eigenvalue weighted by Crippen LogP contribution is -2.33. The third-order valence-corrected chi connectivity index (χ3v) is 9.43. The van der Waals surface area contributed by atoms with Gasteiger partial charge in [-0.25, -0.2) is 0 Å². The average molecular weight is 642 g/mol. The molecule has 3 heterocycles. The summed E-state index contributed by atoms with van der Waals surface area (Å²) >= 11 is 0. The summed E-state index contributed by atoms with van der Waals surface area (Å²) in [7, 11) is 0. The quantitative estimate of drug-likeness (QED) is 0.204. The van der Waals surface area contributed by atoms with Crippen molar-refractivity contribution in [2.75, 3.05) is 16.3 Å². The van der Waals surface area contributed by atoms with E-state index in [1.165, 1.54) is 28.1 Å². The van der Waals surface area contributed by atoms with Gasteiger partial charge in [-0.05, 0) is 85.7 Å². The van der Waals surface area contributed by atoms with Gasteiger partial charge in [-0.2, -0.15) is 0 Å². The summed E-state index contributed by atoms with van der Waals surface area (Å²) in [6, 6.07) is 23.9. The molecule has 0 N–H and O–H groups in total. The summed E-state index contributed by atoms with van der Waals surface area (Å²) in [6.07, 6.45) is 28.8. The fraction of sp³-hybridized carbons (Fsp3) is 0.217. The molecule has 3 aromatic rings. The predicted molar refractivity (Wildman–Crippen MR) is 209 cm³/mol. The highest BCUT2D eigenvalue weighted by molar-refractivity contribution is 5.74. The number of rotatable bonds is 5. The van der Waals surface area contributed by atoms with E-state index in [1.807, 2.05) is 6.08 Å². The number of anilines is 2. The van der Waals surface area contributed by atoms with Gasteiger partial charge in [0.2, 0.25) is 0 Å². The Balaban J connectivity index is 1.53. The van der Waals surface area contributed by atoms with Crippen LogP contribution in [0.3, 0.4) is 0 Å². The molecule has 1 aliphatic carbocycles. The maximum atomic E-state index is 5.09. The Hall–Kier alpha value is -5.37. The number of hydrogen-bond donors (Lipinski definition) is 0. The predicted octanol–water partition coefficient (Wildman–Crippen LogP) is 11.2. The fourth-order valence-corrected chi connectivity index (χ4v) is 6.81. The molecule has 3 nitrogen and oxygen atoms in total. The number of allylic oxidation sites excluding steroid dienone is 12. The topological polar surface area (TPSA) is 19.4 Å². The summed E-state index contributed by atoms with van der Waals surface area (Å²) in [6.45, 7) is 14.4. The Bertz CT molecular complexity index is 1970. The van der Waals surface area contributed by atoms with Crippen LogP contribution in [0.25, 0.3) is 11.3 Å². The van der Waals surface area contributed by atoms with E-state index in [0.717, 1.165) is 59.7 Å². The number of fused-ring (bicyclic) bond motifs is 1. The van der Waals surface area contributed by atoms with Crippen molar-refractivity contribution in [2.24, 2.45) is 5.92 Å². The number of pyridine rings is 1. The van der Waals surface area contributed by atoms with Crippen molar-refractivity contribution in [1.29, 1.82) is 0 Å². The molecule has 0 fully saturated rings. The van der Waals surface area contributed by atoms with Crippen LogP contribution < -0.4 is 9.80 Å². The minimum Gasteiger partial charge on any atom is -0.362 e. The lowest BCUT2D eigenvalue weighted by molar-refractivity contribution is 0.774. The van der Waals surface area contributed by atoms with Crippen molar-refractivity contribution in [2.45, 2.75) is 53.0 Å². The van der Waals surface area contributed by atoms with Crippen LogP contribution in [-0.2, 0) is 12.8 Å². The van der Waals surface area contributed by atoms with Gasteiger partial charge in [-0.1, -0.05) is 129 Å². The van der Waals surface area contributed by atoms with E-state index >= 15 is 0 Å². The fourth-order valence-electron chi connectivity index (χ4n) is 6.81. The van der Waals surface area contributed by atoms with E-state index in [4.69, 9.17) is 11.6 Å². The summed E-state index contributed by atoms with van der Waals surface area (Å²) < 4.78 is 0. The lowest BCUT2D eigenvalue weighted by atomic mass is 9.83. The molecule has 0 saturated carbocycles. The number of nitrogens with zero attached hydrogens (tertiary/aromatic N) is 3. The molecule has 0 amide bonds. The minimum atomic E-state index is 0.0776. The Morgan fingerprint density at radius 3 is 2.61 bits per heavy atom. The van der Waals surface area contributed by atoms with Crippen LogP contribution in [0, 0.1) is 5.92 Å². The number of benzene rings is 2. The van der Waals surface area contributed by atoms with Gasteiger partial charge in [-0.3, -0.25) is 4.98 Å². The molecule has 2 aliphatic heterocycles. The van der Waals surface area contributed by atoms with Crippen LogP contribution in [-0.4, -0.2) is 17.6 Å². The molecule has 0 radical (unpaired) electrons. The zero-order valence-electron chi connectivity index (χ0n) is 29.3. The second-order valence-electron chi connectivity index (χ2n) is 12.9. The molecule has 2 unspecified atom stereocenters. The first kappa shape index (κ1) is 33.5. The van der Waals surface area contributed by atoms with E-state index in [-0.39, 0.29) is 12.0 Å². The summed E-state index contributed by atoms with van der Waals surface area (Å²) in [5, 5.41) is 0. The zero-order valence-corrected chi connectivity index (χ0v) is 29.3. The van der Waals surface area contributed by atoms with E-state index in [0.29, 0.717) is 0 Å². The molecule has 6 rings (SSSR count). The summed E-state index contributed by atoms with van der Waals surface area (Å²) in [5.74, 6) is 0.173. The first-order chi connectivity index (χ1) is 23.9. The smallest absolute Gasteiger partial charge is 0.0887 e. The SMILES string of the molecule is C=C1C2=C(/C(C)=C\C(C)N(c3cc(C/C=C\C)nc(-c4ccccc4)c3)C/C=C\C=C/C1C)N(C1=C=C/C=C\C/C=C\1)c1ccccc1C2. The van der Waals surface area contributed by atoms with Crippen LogP contribution in [0.5, 0.6) is 0 Å². The van der Waals surface area contributed by atoms with Crippen molar-refractivity contribution in [1.82, 2.24) is 4.98 Å². The molecule has 0 spiro atoms. The second kappa shape index (κ2) is 15.7. The molecule has 0 saturated heterocycles. The molecule has 49 heavy (non-hydrogen) atoms. The highest BCUT2D eigenvalue weighted by Crippen LogP contribution is 2.43. The van der Waals surface area contributed by atoms with E-state index in [1.54, 1.807) is 0 Å². The molecular weight excluding hydrogens is 595 g/mol. The van der Waals surface area contributed by atoms with Crippen LogP contribution in [0.2, 0.25) is 0 Å². The highest BCUT2D eigenvalue weighted by atomic mass is 15.2. The largest absolute Gasteiger partial charge is 0.362 e. The third-order valence-electron chi connectivity index (χ3n) is 9.43. The highest BCUT2D eigenvalue weighted by Gasteiger charge is 2.30. The van der Waals surface area contributed by atoms with Crippen molar-refractivity contribution in [3.05, 3.63) is 191 Å². The van der Waals surface area contributed by atoms with Gasteiger partial charge in [0.05, 0.1) is 22.8 Å². The van der Waals surface area contributed by atoms with Gasteiger partial charge in [-0.15, -0.1) is 0 Å². The van der Waals surface area contributed by atoms with Crippen molar-refractivity contribution in [3.63, 3.8) is 0 Å². The minimum absolute atomic E-state index is 0.0776.